The van der Waals surface area contributed by atoms with Crippen LogP contribution in [0, 0.1) is 0 Å². The van der Waals surface area contributed by atoms with Crippen LogP contribution in [0.4, 0.5) is 0 Å². The number of furan rings is 1. The summed E-state index contributed by atoms with van der Waals surface area (Å²) >= 11 is 1.63. The van der Waals surface area contributed by atoms with E-state index in [1.807, 2.05) is 17.5 Å². The number of hydrogen-bond donors (Lipinski definition) is 2. The van der Waals surface area contributed by atoms with Gasteiger partial charge in [0.05, 0.1) is 5.56 Å². The molecule has 18 heavy (non-hydrogen) atoms. The Bertz CT molecular complexity index is 544. The molecular formula is C12H11NO4S. The number of amides is 1. The van der Waals surface area contributed by atoms with Crippen LogP contribution in [0.1, 0.15) is 25.8 Å². The molecule has 0 bridgehead atoms. The van der Waals surface area contributed by atoms with Gasteiger partial charge < -0.3 is 14.8 Å². The summed E-state index contributed by atoms with van der Waals surface area (Å²) in [6.07, 6.45) is 1.80. The van der Waals surface area contributed by atoms with Crippen molar-refractivity contribution in [2.75, 3.05) is 6.54 Å². The van der Waals surface area contributed by atoms with Crippen LogP contribution in [0.3, 0.4) is 0 Å². The number of nitrogens with one attached hydrogen (secondary N) is 1. The molecule has 2 rings (SSSR count). The average Bonchev–Trinajstić information content (AvgIpc) is 2.99. The van der Waals surface area contributed by atoms with Gasteiger partial charge in [-0.3, -0.25) is 4.79 Å². The molecule has 0 aliphatic rings. The summed E-state index contributed by atoms with van der Waals surface area (Å²) in [6, 6.07) is 5.16. The first kappa shape index (κ1) is 12.4. The fourth-order valence-electron chi connectivity index (χ4n) is 1.41. The van der Waals surface area contributed by atoms with E-state index in [0.29, 0.717) is 6.54 Å². The van der Waals surface area contributed by atoms with E-state index < -0.39 is 11.9 Å². The summed E-state index contributed by atoms with van der Waals surface area (Å²) < 4.78 is 4.89. The highest BCUT2D eigenvalue weighted by atomic mass is 32.1. The summed E-state index contributed by atoms with van der Waals surface area (Å²) in [4.78, 5) is 23.4. The predicted octanol–water partition coefficient (Wildman–Crippen LogP) is 2.01. The monoisotopic (exact) mass is 265 g/mol. The molecule has 0 unspecified atom stereocenters. The number of thiophene rings is 1. The first-order chi connectivity index (χ1) is 8.66. The lowest BCUT2D eigenvalue weighted by molar-refractivity contribution is 0.0696. The molecule has 0 fully saturated rings. The third kappa shape index (κ3) is 2.98. The first-order valence-electron chi connectivity index (χ1n) is 5.29. The lowest BCUT2D eigenvalue weighted by Crippen LogP contribution is -2.25. The Labute approximate surface area is 107 Å². The third-order valence-corrected chi connectivity index (χ3v) is 3.24. The Hall–Kier alpha value is -2.08. The maximum absolute atomic E-state index is 11.6. The molecular weight excluding hydrogens is 254 g/mol. The van der Waals surface area contributed by atoms with Gasteiger partial charge in [-0.25, -0.2) is 4.79 Å². The van der Waals surface area contributed by atoms with Crippen LogP contribution in [0.25, 0.3) is 0 Å². The molecule has 0 aliphatic carbocycles. The van der Waals surface area contributed by atoms with Crippen molar-refractivity contribution in [3.05, 3.63) is 46.0 Å². The van der Waals surface area contributed by atoms with Gasteiger partial charge in [-0.05, 0) is 17.9 Å². The zero-order valence-electron chi connectivity index (χ0n) is 9.38. The minimum Gasteiger partial charge on any atom is -0.478 e. The topological polar surface area (TPSA) is 79.5 Å². The van der Waals surface area contributed by atoms with Crippen LogP contribution in [0.15, 0.2) is 34.3 Å². The highest BCUT2D eigenvalue weighted by Gasteiger charge is 2.13. The maximum Gasteiger partial charge on any atom is 0.338 e. The van der Waals surface area contributed by atoms with Gasteiger partial charge in [-0.2, -0.15) is 0 Å². The fraction of sp³-hybridized carbons (Fsp3) is 0.167. The van der Waals surface area contributed by atoms with Crippen molar-refractivity contribution in [2.24, 2.45) is 0 Å². The van der Waals surface area contributed by atoms with E-state index in [9.17, 15) is 9.59 Å². The third-order valence-electron chi connectivity index (χ3n) is 2.31. The molecule has 1 amide bonds. The molecule has 2 heterocycles. The Kier molecular flexibility index (Phi) is 3.78. The minimum absolute atomic E-state index is 0.0126. The zero-order valence-corrected chi connectivity index (χ0v) is 10.2. The van der Waals surface area contributed by atoms with Gasteiger partial charge in [-0.15, -0.1) is 11.3 Å². The van der Waals surface area contributed by atoms with Crippen LogP contribution < -0.4 is 5.32 Å². The Morgan fingerprint density at radius 3 is 2.89 bits per heavy atom. The molecule has 2 N–H and O–H groups in total. The van der Waals surface area contributed by atoms with Gasteiger partial charge in [0, 0.05) is 17.5 Å². The normalized spacial score (nSPS) is 10.2. The molecule has 0 aliphatic heterocycles. The van der Waals surface area contributed by atoms with Crippen molar-refractivity contribution in [1.82, 2.24) is 5.32 Å². The molecule has 94 valence electrons. The summed E-state index contributed by atoms with van der Waals surface area (Å²) in [5.41, 5.74) is -0.0293. The second-order valence-electron chi connectivity index (χ2n) is 3.59. The van der Waals surface area contributed by atoms with Crippen molar-refractivity contribution >= 4 is 23.2 Å². The van der Waals surface area contributed by atoms with Gasteiger partial charge in [0.1, 0.15) is 6.26 Å². The van der Waals surface area contributed by atoms with Gasteiger partial charge in [0.2, 0.25) is 0 Å². The minimum atomic E-state index is -1.11. The number of aromatic carboxylic acids is 1. The van der Waals surface area contributed by atoms with Gasteiger partial charge in [-0.1, -0.05) is 6.07 Å². The summed E-state index contributed by atoms with van der Waals surface area (Å²) in [5, 5.41) is 13.3. The van der Waals surface area contributed by atoms with Crippen molar-refractivity contribution in [2.45, 2.75) is 6.42 Å². The number of carbonyl (C=O) groups excluding carboxylic acids is 1. The molecule has 2 aromatic heterocycles. The van der Waals surface area contributed by atoms with E-state index in [1.165, 1.54) is 10.9 Å². The van der Waals surface area contributed by atoms with Crippen LogP contribution in [-0.2, 0) is 6.42 Å². The highest BCUT2D eigenvalue weighted by Crippen LogP contribution is 2.09. The molecule has 2 aromatic rings. The fourth-order valence-corrected chi connectivity index (χ4v) is 2.12. The zero-order chi connectivity index (χ0) is 13.0. The number of carboxylic acid groups (broad SMARTS) is 1. The van der Waals surface area contributed by atoms with Gasteiger partial charge >= 0.3 is 5.97 Å². The van der Waals surface area contributed by atoms with Crippen molar-refractivity contribution in [1.29, 1.82) is 0 Å². The largest absolute Gasteiger partial charge is 0.478 e. The first-order valence-corrected chi connectivity index (χ1v) is 6.17. The number of rotatable bonds is 5. The van der Waals surface area contributed by atoms with Crippen LogP contribution >= 0.6 is 11.3 Å². The van der Waals surface area contributed by atoms with Crippen molar-refractivity contribution in [3.63, 3.8) is 0 Å². The second-order valence-corrected chi connectivity index (χ2v) is 4.62. The smallest absolute Gasteiger partial charge is 0.338 e. The lowest BCUT2D eigenvalue weighted by Gasteiger charge is -2.00. The van der Waals surface area contributed by atoms with E-state index in [0.717, 1.165) is 12.7 Å². The van der Waals surface area contributed by atoms with Crippen molar-refractivity contribution in [3.8, 4) is 0 Å². The standard InChI is InChI=1S/C12H11NO4S/c14-11(10-6-8(7-17-10)12(15)16)13-4-3-9-2-1-5-18-9/h1-2,5-7H,3-4H2,(H,13,14)(H,15,16). The quantitative estimate of drug-likeness (QED) is 0.866. The van der Waals surface area contributed by atoms with Crippen LogP contribution in [-0.4, -0.2) is 23.5 Å². The molecule has 6 heteroatoms. The van der Waals surface area contributed by atoms with Crippen LogP contribution in [0.5, 0.6) is 0 Å². The van der Waals surface area contributed by atoms with E-state index in [4.69, 9.17) is 9.52 Å². The Morgan fingerprint density at radius 1 is 1.44 bits per heavy atom. The van der Waals surface area contributed by atoms with E-state index in [2.05, 4.69) is 5.32 Å². The molecule has 0 saturated carbocycles. The van der Waals surface area contributed by atoms with E-state index in [-0.39, 0.29) is 11.3 Å². The van der Waals surface area contributed by atoms with Gasteiger partial charge in [0.15, 0.2) is 5.76 Å². The lowest BCUT2D eigenvalue weighted by atomic mass is 10.3. The SMILES string of the molecule is O=C(O)c1coc(C(=O)NCCc2cccs2)c1. The summed E-state index contributed by atoms with van der Waals surface area (Å²) in [5.74, 6) is -1.51. The summed E-state index contributed by atoms with van der Waals surface area (Å²) in [6.45, 7) is 0.489. The van der Waals surface area contributed by atoms with Gasteiger partial charge in [0.25, 0.3) is 5.91 Å². The van der Waals surface area contributed by atoms with Crippen molar-refractivity contribution < 1.29 is 19.1 Å². The number of hydrogen-bond acceptors (Lipinski definition) is 4. The van der Waals surface area contributed by atoms with E-state index in [1.54, 1.807) is 11.3 Å². The molecule has 0 saturated heterocycles. The second kappa shape index (κ2) is 5.50. The van der Waals surface area contributed by atoms with Crippen LogP contribution in [0.2, 0.25) is 0 Å². The summed E-state index contributed by atoms with van der Waals surface area (Å²) in [7, 11) is 0. The Balaban J connectivity index is 1.85. The maximum atomic E-state index is 11.6. The molecule has 0 spiro atoms. The number of carbonyl (C=O) groups is 2. The molecule has 0 radical (unpaired) electrons. The number of carboxylic acids is 1. The Morgan fingerprint density at radius 2 is 2.28 bits per heavy atom. The molecule has 0 atom stereocenters. The van der Waals surface area contributed by atoms with E-state index >= 15 is 0 Å². The highest BCUT2D eigenvalue weighted by molar-refractivity contribution is 7.09. The predicted molar refractivity (Wildman–Crippen MR) is 66.0 cm³/mol. The molecule has 5 nitrogen and oxygen atoms in total. The molecule has 0 aromatic carbocycles. The average molecular weight is 265 g/mol.